The molecule has 0 saturated carbocycles. The Morgan fingerprint density at radius 1 is 0.413 bits per heavy atom. The van der Waals surface area contributed by atoms with Crippen molar-refractivity contribution in [3.63, 3.8) is 0 Å². The number of carbonyl (C=O) groups is 3. The third-order valence-corrected chi connectivity index (χ3v) is 8.90. The highest BCUT2D eigenvalue weighted by Crippen LogP contribution is 2.13. The van der Waals surface area contributed by atoms with Crippen LogP contribution < -0.4 is 0 Å². The zero-order valence-corrected chi connectivity index (χ0v) is 30.5. The highest BCUT2D eigenvalue weighted by Gasteiger charge is 2.13. The Labute approximate surface area is 284 Å². The lowest BCUT2D eigenvalue weighted by atomic mass is 10.1. The summed E-state index contributed by atoms with van der Waals surface area (Å²) in [6.45, 7) is 7.14. The van der Waals surface area contributed by atoms with Gasteiger partial charge in [0, 0.05) is 19.5 Å². The molecule has 7 nitrogen and oxygen atoms in total. The standard InChI is InChI=1S/C39H75NO6/c1-3-5-7-9-11-13-15-17-19-21-23-27-35-45-38(43)30-33-40(32-26-25-29-37(41)42)34-31-39(44)46-36-28-24-22-20-18-16-14-12-10-8-6-4-2/h3-36H2,1-2H3,(H,41,42). The van der Waals surface area contributed by atoms with E-state index in [1.165, 1.54) is 128 Å². The van der Waals surface area contributed by atoms with Crippen LogP contribution >= 0.6 is 0 Å². The first-order valence-corrected chi connectivity index (χ1v) is 19.7. The van der Waals surface area contributed by atoms with Crippen molar-refractivity contribution in [2.75, 3.05) is 32.8 Å². The number of esters is 2. The maximum Gasteiger partial charge on any atom is 0.307 e. The van der Waals surface area contributed by atoms with Gasteiger partial charge >= 0.3 is 17.9 Å². The Morgan fingerprint density at radius 3 is 1.07 bits per heavy atom. The Morgan fingerprint density at radius 2 is 0.739 bits per heavy atom. The summed E-state index contributed by atoms with van der Waals surface area (Å²) in [5.41, 5.74) is 0. The molecule has 0 fully saturated rings. The molecule has 0 saturated heterocycles. The minimum atomic E-state index is -0.797. The molecule has 0 aromatic heterocycles. The van der Waals surface area contributed by atoms with E-state index in [0.717, 1.165) is 25.7 Å². The number of carboxylic acid groups (broad SMARTS) is 1. The van der Waals surface area contributed by atoms with Gasteiger partial charge in [0.2, 0.25) is 0 Å². The highest BCUT2D eigenvalue weighted by molar-refractivity contribution is 5.70. The van der Waals surface area contributed by atoms with Crippen LogP contribution in [0.15, 0.2) is 0 Å². The van der Waals surface area contributed by atoms with E-state index in [4.69, 9.17) is 14.6 Å². The minimum absolute atomic E-state index is 0.135. The molecule has 46 heavy (non-hydrogen) atoms. The summed E-state index contributed by atoms with van der Waals surface area (Å²) in [4.78, 5) is 37.6. The molecule has 272 valence electrons. The minimum Gasteiger partial charge on any atom is -0.481 e. The van der Waals surface area contributed by atoms with Crippen molar-refractivity contribution >= 4 is 17.9 Å². The SMILES string of the molecule is CCCCCCCCCCCCCCOC(=O)CCN(CCCCC(=O)O)CCC(=O)OCCCCCCCCCCCCCC. The quantitative estimate of drug-likeness (QED) is 0.0526. The average Bonchev–Trinajstić information content (AvgIpc) is 3.04. The van der Waals surface area contributed by atoms with Gasteiger partial charge in [-0.05, 0) is 32.2 Å². The summed E-state index contributed by atoms with van der Waals surface area (Å²) in [6, 6.07) is 0. The lowest BCUT2D eigenvalue weighted by Gasteiger charge is -2.21. The monoisotopic (exact) mass is 654 g/mol. The summed E-state index contributed by atoms with van der Waals surface area (Å²) in [5, 5.41) is 8.93. The lowest BCUT2D eigenvalue weighted by Crippen LogP contribution is -2.30. The molecule has 0 bridgehead atoms. The summed E-state index contributed by atoms with van der Waals surface area (Å²) in [7, 11) is 0. The topological polar surface area (TPSA) is 93.1 Å². The van der Waals surface area contributed by atoms with E-state index in [2.05, 4.69) is 18.7 Å². The first kappa shape index (κ1) is 44.4. The van der Waals surface area contributed by atoms with Gasteiger partial charge in [0.15, 0.2) is 0 Å². The highest BCUT2D eigenvalue weighted by atomic mass is 16.5. The van der Waals surface area contributed by atoms with E-state index in [1.807, 2.05) is 0 Å². The smallest absolute Gasteiger partial charge is 0.307 e. The Hall–Kier alpha value is -1.63. The van der Waals surface area contributed by atoms with Crippen molar-refractivity contribution in [2.24, 2.45) is 0 Å². The van der Waals surface area contributed by atoms with Crippen molar-refractivity contribution in [3.8, 4) is 0 Å². The second kappa shape index (κ2) is 36.2. The van der Waals surface area contributed by atoms with Gasteiger partial charge in [-0.3, -0.25) is 14.4 Å². The normalized spacial score (nSPS) is 11.3. The van der Waals surface area contributed by atoms with Crippen LogP contribution in [0.1, 0.15) is 200 Å². The molecule has 0 atom stereocenters. The van der Waals surface area contributed by atoms with Crippen LogP contribution in [-0.2, 0) is 23.9 Å². The van der Waals surface area contributed by atoms with Crippen molar-refractivity contribution in [1.29, 1.82) is 0 Å². The molecule has 0 aliphatic carbocycles. The van der Waals surface area contributed by atoms with Crippen LogP contribution in [0.25, 0.3) is 0 Å². The zero-order chi connectivity index (χ0) is 33.8. The fraction of sp³-hybridized carbons (Fsp3) is 0.923. The van der Waals surface area contributed by atoms with Gasteiger partial charge in [-0.2, -0.15) is 0 Å². The predicted molar refractivity (Wildman–Crippen MR) is 191 cm³/mol. The maximum absolute atomic E-state index is 12.3. The largest absolute Gasteiger partial charge is 0.481 e. The van der Waals surface area contributed by atoms with Gasteiger partial charge in [0.25, 0.3) is 0 Å². The van der Waals surface area contributed by atoms with E-state index < -0.39 is 5.97 Å². The third kappa shape index (κ3) is 35.2. The van der Waals surface area contributed by atoms with Crippen LogP contribution in [0.5, 0.6) is 0 Å². The van der Waals surface area contributed by atoms with Crippen LogP contribution in [0, 0.1) is 0 Å². The lowest BCUT2D eigenvalue weighted by molar-refractivity contribution is -0.144. The Kier molecular flexibility index (Phi) is 34.9. The van der Waals surface area contributed by atoms with Crippen LogP contribution in [0.4, 0.5) is 0 Å². The fourth-order valence-corrected chi connectivity index (χ4v) is 5.85. The number of hydrogen-bond acceptors (Lipinski definition) is 6. The van der Waals surface area contributed by atoms with Gasteiger partial charge in [-0.25, -0.2) is 0 Å². The van der Waals surface area contributed by atoms with E-state index >= 15 is 0 Å². The second-order valence-electron chi connectivity index (χ2n) is 13.4. The molecular formula is C39H75NO6. The molecule has 0 aliphatic rings. The average molecular weight is 654 g/mol. The molecule has 0 spiro atoms. The number of nitrogens with zero attached hydrogens (tertiary/aromatic N) is 1. The molecule has 1 N–H and O–H groups in total. The zero-order valence-electron chi connectivity index (χ0n) is 30.5. The molecule has 7 heteroatoms. The second-order valence-corrected chi connectivity index (χ2v) is 13.4. The van der Waals surface area contributed by atoms with E-state index in [-0.39, 0.29) is 31.2 Å². The summed E-state index contributed by atoms with van der Waals surface area (Å²) >= 11 is 0. The van der Waals surface area contributed by atoms with Gasteiger partial charge in [0.05, 0.1) is 26.1 Å². The van der Waals surface area contributed by atoms with E-state index in [0.29, 0.717) is 45.7 Å². The van der Waals surface area contributed by atoms with Crippen LogP contribution in [0.2, 0.25) is 0 Å². The summed E-state index contributed by atoms with van der Waals surface area (Å²) < 4.78 is 10.9. The molecule has 0 amide bonds. The van der Waals surface area contributed by atoms with Crippen LogP contribution in [0.3, 0.4) is 0 Å². The van der Waals surface area contributed by atoms with Crippen molar-refractivity contribution in [1.82, 2.24) is 4.90 Å². The number of aliphatic carboxylic acids is 1. The number of rotatable bonds is 37. The Bertz CT molecular complexity index is 639. The third-order valence-electron chi connectivity index (χ3n) is 8.90. The van der Waals surface area contributed by atoms with Crippen molar-refractivity contribution < 1.29 is 29.0 Å². The molecule has 0 radical (unpaired) electrons. The van der Waals surface area contributed by atoms with E-state index in [1.54, 1.807) is 0 Å². The molecule has 0 heterocycles. The van der Waals surface area contributed by atoms with Crippen molar-refractivity contribution in [2.45, 2.75) is 200 Å². The number of carbonyl (C=O) groups excluding carboxylic acids is 2. The fourth-order valence-electron chi connectivity index (χ4n) is 5.85. The van der Waals surface area contributed by atoms with Crippen LogP contribution in [-0.4, -0.2) is 60.8 Å². The van der Waals surface area contributed by atoms with Gasteiger partial charge < -0.3 is 19.5 Å². The number of ether oxygens (including phenoxy) is 2. The number of carboxylic acids is 1. The first-order chi connectivity index (χ1) is 22.5. The van der Waals surface area contributed by atoms with Gasteiger partial charge in [-0.1, -0.05) is 155 Å². The van der Waals surface area contributed by atoms with Crippen molar-refractivity contribution in [3.05, 3.63) is 0 Å². The predicted octanol–water partition coefficient (Wildman–Crippen LogP) is 10.8. The van der Waals surface area contributed by atoms with Gasteiger partial charge in [-0.15, -0.1) is 0 Å². The first-order valence-electron chi connectivity index (χ1n) is 19.7. The molecular weight excluding hydrogens is 578 g/mol. The molecule has 0 aromatic carbocycles. The summed E-state index contributed by atoms with van der Waals surface area (Å²) in [6.07, 6.45) is 32.6. The van der Waals surface area contributed by atoms with Gasteiger partial charge in [0.1, 0.15) is 0 Å². The molecule has 0 aromatic rings. The van der Waals surface area contributed by atoms with E-state index in [9.17, 15) is 14.4 Å². The summed E-state index contributed by atoms with van der Waals surface area (Å²) in [5.74, 6) is -1.20. The molecule has 0 rings (SSSR count). The maximum atomic E-state index is 12.3. The number of unbranched alkanes of at least 4 members (excludes halogenated alkanes) is 23. The molecule has 0 unspecified atom stereocenters. The number of hydrogen-bond donors (Lipinski definition) is 1. The Balaban J connectivity index is 3.95. The molecule has 0 aliphatic heterocycles.